The maximum atomic E-state index is 12.8. The lowest BCUT2D eigenvalue weighted by molar-refractivity contribution is -0.0630. The number of methoxy groups -OCH3 is 2. The van der Waals surface area contributed by atoms with Crippen molar-refractivity contribution in [2.45, 2.75) is 122 Å². The lowest BCUT2D eigenvalue weighted by Crippen LogP contribution is -2.59. The highest BCUT2D eigenvalue weighted by Gasteiger charge is 2.51. The van der Waals surface area contributed by atoms with E-state index >= 15 is 0 Å². The van der Waals surface area contributed by atoms with Crippen molar-refractivity contribution in [1.82, 2.24) is 4.90 Å². The molecule has 1 amide bonds. The van der Waals surface area contributed by atoms with Crippen LogP contribution in [0.4, 0.5) is 10.5 Å². The molecule has 3 aromatic rings. The smallest absolute Gasteiger partial charge is 0.407 e. The molecule has 10 nitrogen and oxygen atoms in total. The molecular weight excluding hydrogens is 749 g/mol. The van der Waals surface area contributed by atoms with Crippen molar-refractivity contribution < 1.29 is 38.0 Å². The zero-order valence-corrected chi connectivity index (χ0v) is 37.8. The predicted molar refractivity (Wildman–Crippen MR) is 234 cm³/mol. The predicted octanol–water partition coefficient (Wildman–Crippen LogP) is 10.0. The molecule has 2 aliphatic rings. The SMILES string of the molecule is COCCCN1CC(C)(C)c2ccc(CO[C@H]3CN(C(=O)O)C[C@@H](O[Si](C(C)C)(C(C)C)C(C)C)[C@@H]3c3ccc(OCCCOCc4ccccc4OC)cc3)cc21. The average molecular weight is 819 g/mol. The summed E-state index contributed by atoms with van der Waals surface area (Å²) in [6.07, 6.45) is -0.0532. The number of likely N-dealkylation sites (tertiary alicyclic amines) is 1. The minimum atomic E-state index is -2.42. The summed E-state index contributed by atoms with van der Waals surface area (Å²) in [6.45, 7) is 23.3. The Labute approximate surface area is 349 Å². The number of nitrogens with zero attached hydrogens (tertiary/aromatic N) is 2. The Morgan fingerprint density at radius 1 is 0.845 bits per heavy atom. The van der Waals surface area contributed by atoms with Gasteiger partial charge in [0, 0.05) is 62.4 Å². The van der Waals surface area contributed by atoms with E-state index in [9.17, 15) is 9.90 Å². The average Bonchev–Trinajstić information content (AvgIpc) is 3.45. The highest BCUT2D eigenvalue weighted by Crippen LogP contribution is 2.47. The molecule has 1 N–H and O–H groups in total. The van der Waals surface area contributed by atoms with Gasteiger partial charge in [0.15, 0.2) is 0 Å². The van der Waals surface area contributed by atoms with E-state index in [0.29, 0.717) is 43.1 Å². The topological polar surface area (TPSA) is 99.2 Å². The van der Waals surface area contributed by atoms with Gasteiger partial charge in [-0.1, -0.05) is 97.9 Å². The first-order chi connectivity index (χ1) is 27.7. The summed E-state index contributed by atoms with van der Waals surface area (Å²) in [5.74, 6) is 1.42. The van der Waals surface area contributed by atoms with Crippen LogP contribution in [0.2, 0.25) is 16.6 Å². The highest BCUT2D eigenvalue weighted by atomic mass is 28.4. The van der Waals surface area contributed by atoms with Crippen molar-refractivity contribution in [3.05, 3.63) is 89.0 Å². The Morgan fingerprint density at radius 3 is 2.19 bits per heavy atom. The number of ether oxygens (including phenoxy) is 5. The van der Waals surface area contributed by atoms with Gasteiger partial charge in [-0.3, -0.25) is 0 Å². The molecule has 320 valence electrons. The fraction of sp³-hybridized carbons (Fsp3) is 0.596. The number of amides is 1. The number of rotatable bonds is 21. The van der Waals surface area contributed by atoms with Crippen LogP contribution in [0.1, 0.15) is 96.4 Å². The zero-order valence-electron chi connectivity index (χ0n) is 36.8. The summed E-state index contributed by atoms with van der Waals surface area (Å²) in [5, 5.41) is 10.4. The van der Waals surface area contributed by atoms with Crippen LogP contribution in [0.3, 0.4) is 0 Å². The monoisotopic (exact) mass is 818 g/mol. The van der Waals surface area contributed by atoms with Crippen LogP contribution in [0.25, 0.3) is 0 Å². The van der Waals surface area contributed by atoms with E-state index in [4.69, 9.17) is 28.1 Å². The van der Waals surface area contributed by atoms with Crippen molar-refractivity contribution in [3.8, 4) is 11.5 Å². The molecule has 0 unspecified atom stereocenters. The van der Waals surface area contributed by atoms with Crippen LogP contribution >= 0.6 is 0 Å². The van der Waals surface area contributed by atoms with E-state index in [0.717, 1.165) is 60.7 Å². The van der Waals surface area contributed by atoms with E-state index < -0.39 is 20.5 Å². The van der Waals surface area contributed by atoms with Crippen LogP contribution in [0.15, 0.2) is 66.7 Å². The normalized spacial score (nSPS) is 19.3. The molecule has 3 aromatic carbocycles. The second-order valence-corrected chi connectivity index (χ2v) is 23.1. The summed E-state index contributed by atoms with van der Waals surface area (Å²) in [6, 6.07) is 22.8. The number of anilines is 1. The minimum absolute atomic E-state index is 0.0447. The molecule has 1 saturated heterocycles. The quantitative estimate of drug-likeness (QED) is 0.0832. The van der Waals surface area contributed by atoms with Crippen molar-refractivity contribution in [2.24, 2.45) is 0 Å². The number of carbonyl (C=O) groups is 1. The van der Waals surface area contributed by atoms with Gasteiger partial charge >= 0.3 is 6.09 Å². The molecule has 2 aliphatic heterocycles. The van der Waals surface area contributed by atoms with Crippen molar-refractivity contribution in [1.29, 1.82) is 0 Å². The van der Waals surface area contributed by atoms with Crippen molar-refractivity contribution in [2.75, 3.05) is 65.1 Å². The molecule has 1 fully saturated rings. The van der Waals surface area contributed by atoms with Crippen LogP contribution in [0.5, 0.6) is 11.5 Å². The Bertz CT molecular complexity index is 1730. The number of benzene rings is 3. The third kappa shape index (κ3) is 10.8. The van der Waals surface area contributed by atoms with Crippen LogP contribution in [-0.2, 0) is 37.3 Å². The molecule has 0 aromatic heterocycles. The number of para-hydroxylation sites is 1. The van der Waals surface area contributed by atoms with Gasteiger partial charge in [0.1, 0.15) is 11.5 Å². The number of fused-ring (bicyclic) bond motifs is 1. The first kappa shape index (κ1) is 45.5. The third-order valence-electron chi connectivity index (χ3n) is 12.3. The van der Waals surface area contributed by atoms with Gasteiger partial charge in [-0.15, -0.1) is 0 Å². The number of piperidine rings is 1. The van der Waals surface area contributed by atoms with E-state index in [1.54, 1.807) is 14.2 Å². The molecule has 0 saturated carbocycles. The second-order valence-electron chi connectivity index (χ2n) is 17.7. The molecule has 0 radical (unpaired) electrons. The summed E-state index contributed by atoms with van der Waals surface area (Å²) in [4.78, 5) is 16.7. The molecular formula is C47H70N2O8Si. The van der Waals surface area contributed by atoms with E-state index in [1.807, 2.05) is 36.4 Å². The van der Waals surface area contributed by atoms with E-state index in [-0.39, 0.29) is 30.5 Å². The molecule has 3 atom stereocenters. The molecule has 58 heavy (non-hydrogen) atoms. The zero-order chi connectivity index (χ0) is 42.0. The molecule has 11 heteroatoms. The number of hydrogen-bond donors (Lipinski definition) is 1. The van der Waals surface area contributed by atoms with Gasteiger partial charge in [-0.2, -0.15) is 0 Å². The van der Waals surface area contributed by atoms with Crippen molar-refractivity contribution >= 4 is 20.1 Å². The maximum Gasteiger partial charge on any atom is 0.407 e. The fourth-order valence-corrected chi connectivity index (χ4v) is 15.2. The van der Waals surface area contributed by atoms with Gasteiger partial charge in [-0.25, -0.2) is 4.79 Å². The summed E-state index contributed by atoms with van der Waals surface area (Å²) in [5.41, 5.74) is 6.80. The van der Waals surface area contributed by atoms with Crippen LogP contribution in [-0.4, -0.2) is 96.8 Å². The Hall–Kier alpha value is -3.61. The molecule has 0 aliphatic carbocycles. The van der Waals surface area contributed by atoms with Gasteiger partial charge < -0.3 is 43.0 Å². The molecule has 5 rings (SSSR count). The number of hydrogen-bond acceptors (Lipinski definition) is 8. The third-order valence-corrected chi connectivity index (χ3v) is 18.4. The van der Waals surface area contributed by atoms with Gasteiger partial charge in [0.05, 0.1) is 52.3 Å². The molecule has 0 spiro atoms. The Balaban J connectivity index is 1.36. The first-order valence-corrected chi connectivity index (χ1v) is 23.4. The van der Waals surface area contributed by atoms with Gasteiger partial charge in [0.2, 0.25) is 8.32 Å². The summed E-state index contributed by atoms with van der Waals surface area (Å²) >= 11 is 0. The fourth-order valence-electron chi connectivity index (χ4n) is 9.59. The number of carboxylic acid groups (broad SMARTS) is 1. The molecule has 0 bridgehead atoms. The van der Waals surface area contributed by atoms with Crippen LogP contribution in [0, 0.1) is 0 Å². The first-order valence-electron chi connectivity index (χ1n) is 21.3. The van der Waals surface area contributed by atoms with Crippen molar-refractivity contribution in [3.63, 3.8) is 0 Å². The maximum absolute atomic E-state index is 12.8. The van der Waals surface area contributed by atoms with Gasteiger partial charge in [0.25, 0.3) is 0 Å². The Morgan fingerprint density at radius 2 is 1.53 bits per heavy atom. The van der Waals surface area contributed by atoms with E-state index in [2.05, 4.69) is 90.6 Å². The minimum Gasteiger partial charge on any atom is -0.496 e. The van der Waals surface area contributed by atoms with Gasteiger partial charge in [-0.05, 0) is 64.0 Å². The standard InChI is InChI=1S/C47H70N2O8Si/c1-33(2)58(34(3)4,35(5)6)57-44-29-49(46(50)51)28-43(56-30-36-17-22-40-41(27-36)48(23-13-24-52-9)32-47(40,7)8)45(44)37-18-20-39(21-19-37)55-26-14-25-54-31-38-15-11-12-16-42(38)53-10/h11-12,15-22,27,33-35,43-45H,13-14,23-26,28-32H2,1-10H3,(H,50,51)/t43-,44+,45+/m0/s1. The van der Waals surface area contributed by atoms with E-state index in [1.165, 1.54) is 16.2 Å². The highest BCUT2D eigenvalue weighted by molar-refractivity contribution is 6.77. The largest absolute Gasteiger partial charge is 0.496 e. The Kier molecular flexibility index (Phi) is 16.1. The summed E-state index contributed by atoms with van der Waals surface area (Å²) < 4.78 is 37.3. The summed E-state index contributed by atoms with van der Waals surface area (Å²) in [7, 11) is 1.00. The lowest BCUT2D eigenvalue weighted by Gasteiger charge is -2.50. The molecule has 2 heterocycles. The van der Waals surface area contributed by atoms with Crippen LogP contribution < -0.4 is 14.4 Å². The second kappa shape index (κ2) is 20.6. The lowest BCUT2D eigenvalue weighted by atomic mass is 9.84.